The van der Waals surface area contributed by atoms with Gasteiger partial charge in [0.1, 0.15) is 0 Å². The zero-order valence-corrected chi connectivity index (χ0v) is 22.8. The topological polar surface area (TPSA) is 38.8 Å². The van der Waals surface area contributed by atoms with E-state index in [-0.39, 0.29) is 35.0 Å². The first kappa shape index (κ1) is 28.2. The van der Waals surface area contributed by atoms with Crippen molar-refractivity contribution in [3.8, 4) is 0 Å². The molecule has 1 heterocycles. The first-order valence-corrected chi connectivity index (χ1v) is 12.1. The standard InChI is InChI=1S/C27H51NO3/c1-17(2)23-15-24(29)28(21(23)6)20(5)22(7)31-26(11,12)16-30-27(13,14)19(4)18(3)25(8,9)10/h17-20,22-23H,6,15-16H2,1-5,7-14H3. The highest BCUT2D eigenvalue weighted by atomic mass is 16.6. The number of hydrogen-bond acceptors (Lipinski definition) is 3. The summed E-state index contributed by atoms with van der Waals surface area (Å²) in [4.78, 5) is 14.5. The Labute approximate surface area is 193 Å². The van der Waals surface area contributed by atoms with Crippen molar-refractivity contribution in [1.82, 2.24) is 4.90 Å². The van der Waals surface area contributed by atoms with Crippen molar-refractivity contribution in [2.75, 3.05) is 6.61 Å². The predicted molar refractivity (Wildman–Crippen MR) is 131 cm³/mol. The molecule has 1 amide bonds. The van der Waals surface area contributed by atoms with Crippen molar-refractivity contribution in [1.29, 1.82) is 0 Å². The highest BCUT2D eigenvalue weighted by Crippen LogP contribution is 2.39. The molecule has 0 saturated carbocycles. The van der Waals surface area contributed by atoms with Crippen molar-refractivity contribution in [2.24, 2.45) is 29.1 Å². The van der Waals surface area contributed by atoms with Crippen LogP contribution in [0.3, 0.4) is 0 Å². The Kier molecular flexibility index (Phi) is 9.04. The second-order valence-electron chi connectivity index (χ2n) is 12.5. The Bertz CT molecular complexity index is 629. The average molecular weight is 438 g/mol. The number of carbonyl (C=O) groups is 1. The number of ether oxygens (including phenoxy) is 2. The molecule has 0 radical (unpaired) electrons. The van der Waals surface area contributed by atoms with Crippen LogP contribution in [-0.2, 0) is 14.3 Å². The summed E-state index contributed by atoms with van der Waals surface area (Å²) in [6.07, 6.45) is 0.428. The fraction of sp³-hybridized carbons (Fsp3) is 0.889. The van der Waals surface area contributed by atoms with E-state index < -0.39 is 5.60 Å². The maximum Gasteiger partial charge on any atom is 0.227 e. The highest BCUT2D eigenvalue weighted by molar-refractivity contribution is 5.82. The quantitative estimate of drug-likeness (QED) is 0.382. The lowest BCUT2D eigenvalue weighted by molar-refractivity contribution is -0.169. The van der Waals surface area contributed by atoms with Crippen LogP contribution in [0.4, 0.5) is 0 Å². The molecule has 0 aliphatic carbocycles. The van der Waals surface area contributed by atoms with E-state index in [2.05, 4.69) is 89.7 Å². The van der Waals surface area contributed by atoms with Crippen molar-refractivity contribution in [3.63, 3.8) is 0 Å². The van der Waals surface area contributed by atoms with Gasteiger partial charge in [-0.05, 0) is 64.7 Å². The minimum atomic E-state index is -0.461. The largest absolute Gasteiger partial charge is 0.372 e. The van der Waals surface area contributed by atoms with Crippen LogP contribution in [0.15, 0.2) is 12.3 Å². The second kappa shape index (κ2) is 9.95. The van der Waals surface area contributed by atoms with Gasteiger partial charge in [0.25, 0.3) is 0 Å². The molecule has 1 aliphatic heterocycles. The summed E-state index contributed by atoms with van der Waals surface area (Å²) < 4.78 is 12.9. The van der Waals surface area contributed by atoms with Crippen LogP contribution < -0.4 is 0 Å². The smallest absolute Gasteiger partial charge is 0.227 e. The summed E-state index contributed by atoms with van der Waals surface area (Å²) in [6.45, 7) is 33.1. The van der Waals surface area contributed by atoms with Gasteiger partial charge in [0, 0.05) is 18.0 Å². The molecule has 5 atom stereocenters. The summed E-state index contributed by atoms with van der Waals surface area (Å²) >= 11 is 0. The van der Waals surface area contributed by atoms with Gasteiger partial charge in [-0.3, -0.25) is 4.79 Å². The van der Waals surface area contributed by atoms with Crippen LogP contribution in [-0.4, -0.2) is 40.8 Å². The predicted octanol–water partition coefficient (Wildman–Crippen LogP) is 6.69. The summed E-state index contributed by atoms with van der Waals surface area (Å²) in [6, 6.07) is -0.0594. The lowest BCUT2D eigenvalue weighted by Crippen LogP contribution is -2.48. The summed E-state index contributed by atoms with van der Waals surface area (Å²) in [5, 5.41) is 0. The minimum Gasteiger partial charge on any atom is -0.372 e. The van der Waals surface area contributed by atoms with E-state index in [1.54, 1.807) is 0 Å². The monoisotopic (exact) mass is 437 g/mol. The first-order valence-electron chi connectivity index (χ1n) is 12.1. The van der Waals surface area contributed by atoms with E-state index in [0.29, 0.717) is 30.8 Å². The second-order valence-corrected chi connectivity index (χ2v) is 12.5. The van der Waals surface area contributed by atoms with Gasteiger partial charge in [0.2, 0.25) is 5.91 Å². The van der Waals surface area contributed by atoms with E-state index >= 15 is 0 Å². The zero-order valence-electron chi connectivity index (χ0n) is 22.8. The molecular weight excluding hydrogens is 386 g/mol. The molecule has 5 unspecified atom stereocenters. The lowest BCUT2D eigenvalue weighted by atomic mass is 9.70. The van der Waals surface area contributed by atoms with E-state index in [4.69, 9.17) is 9.47 Å². The molecule has 0 N–H and O–H groups in total. The molecule has 1 saturated heterocycles. The van der Waals surface area contributed by atoms with Gasteiger partial charge in [0.05, 0.1) is 30.0 Å². The van der Waals surface area contributed by atoms with E-state index in [1.165, 1.54) is 0 Å². The van der Waals surface area contributed by atoms with Crippen LogP contribution >= 0.6 is 0 Å². The number of hydrogen-bond donors (Lipinski definition) is 0. The van der Waals surface area contributed by atoms with Gasteiger partial charge in [-0.15, -0.1) is 0 Å². The number of rotatable bonds is 10. The molecule has 0 spiro atoms. The molecule has 31 heavy (non-hydrogen) atoms. The normalized spacial score (nSPS) is 22.8. The van der Waals surface area contributed by atoms with Crippen LogP contribution in [0.25, 0.3) is 0 Å². The third-order valence-electron chi connectivity index (χ3n) is 7.80. The molecule has 0 aromatic heterocycles. The maximum atomic E-state index is 12.7. The van der Waals surface area contributed by atoms with Crippen molar-refractivity contribution >= 4 is 5.91 Å². The number of allylic oxidation sites excluding steroid dienone is 1. The van der Waals surface area contributed by atoms with E-state index in [9.17, 15) is 4.79 Å². The van der Waals surface area contributed by atoms with E-state index in [1.807, 2.05) is 11.8 Å². The average Bonchev–Trinajstić information content (AvgIpc) is 2.91. The van der Waals surface area contributed by atoms with Gasteiger partial charge >= 0.3 is 0 Å². The molecule has 1 rings (SSSR count). The van der Waals surface area contributed by atoms with Crippen LogP contribution in [0.2, 0.25) is 0 Å². The van der Waals surface area contributed by atoms with Crippen LogP contribution in [0, 0.1) is 29.1 Å². The Morgan fingerprint density at radius 2 is 1.48 bits per heavy atom. The molecule has 0 aromatic rings. The van der Waals surface area contributed by atoms with Crippen LogP contribution in [0.1, 0.15) is 96.4 Å². The molecule has 182 valence electrons. The van der Waals surface area contributed by atoms with Gasteiger partial charge < -0.3 is 14.4 Å². The Hall–Kier alpha value is -0.870. The van der Waals surface area contributed by atoms with Crippen molar-refractivity contribution in [3.05, 3.63) is 12.3 Å². The number of carbonyl (C=O) groups excluding carboxylic acids is 1. The van der Waals surface area contributed by atoms with Crippen molar-refractivity contribution < 1.29 is 14.3 Å². The van der Waals surface area contributed by atoms with Gasteiger partial charge in [-0.25, -0.2) is 0 Å². The fourth-order valence-corrected chi connectivity index (χ4v) is 4.54. The molecule has 1 aliphatic rings. The lowest BCUT2D eigenvalue weighted by Gasteiger charge is -2.43. The Balaban J connectivity index is 2.77. The molecule has 0 bridgehead atoms. The van der Waals surface area contributed by atoms with Gasteiger partial charge in [-0.1, -0.05) is 55.0 Å². The summed E-state index contributed by atoms with van der Waals surface area (Å²) in [5.41, 5.74) is 0.445. The summed E-state index contributed by atoms with van der Waals surface area (Å²) in [7, 11) is 0. The first-order chi connectivity index (χ1) is 13.8. The SMILES string of the molecule is C=C1C(C(C)C)CC(=O)N1C(C)C(C)OC(C)(C)COC(C)(C)C(C)C(C)C(C)(C)C. The number of amides is 1. The molecule has 1 fully saturated rings. The van der Waals surface area contributed by atoms with Gasteiger partial charge in [0.15, 0.2) is 0 Å². The third-order valence-corrected chi connectivity index (χ3v) is 7.80. The molecular formula is C27H51NO3. The molecule has 4 heteroatoms. The number of likely N-dealkylation sites (tertiary alicyclic amines) is 1. The Morgan fingerprint density at radius 1 is 0.968 bits per heavy atom. The fourth-order valence-electron chi connectivity index (χ4n) is 4.54. The summed E-state index contributed by atoms with van der Waals surface area (Å²) in [5.74, 6) is 1.72. The van der Waals surface area contributed by atoms with Crippen molar-refractivity contribution in [2.45, 2.75) is 120 Å². The molecule has 0 aromatic carbocycles. The van der Waals surface area contributed by atoms with Gasteiger partial charge in [-0.2, -0.15) is 0 Å². The third kappa shape index (κ3) is 7.05. The number of nitrogens with zero attached hydrogens (tertiary/aromatic N) is 1. The van der Waals surface area contributed by atoms with E-state index in [0.717, 1.165) is 5.70 Å². The zero-order chi connectivity index (χ0) is 24.5. The minimum absolute atomic E-state index is 0.0594. The molecule has 4 nitrogen and oxygen atoms in total. The maximum absolute atomic E-state index is 12.7. The Morgan fingerprint density at radius 3 is 1.90 bits per heavy atom. The highest BCUT2D eigenvalue weighted by Gasteiger charge is 2.41. The van der Waals surface area contributed by atoms with Crippen LogP contribution in [0.5, 0.6) is 0 Å².